The average Bonchev–Trinajstić information content (AvgIpc) is 2.56. The summed E-state index contributed by atoms with van der Waals surface area (Å²) in [5.41, 5.74) is 0.898. The van der Waals surface area contributed by atoms with E-state index >= 15 is 0 Å². The zero-order chi connectivity index (χ0) is 16.5. The van der Waals surface area contributed by atoms with E-state index in [1.807, 2.05) is 49.4 Å². The molecule has 0 bridgehead atoms. The highest BCUT2D eigenvalue weighted by Crippen LogP contribution is 2.17. The molecule has 2 aromatic carbocycles. The van der Waals surface area contributed by atoms with Gasteiger partial charge in [-0.3, -0.25) is 4.79 Å². The van der Waals surface area contributed by atoms with Crippen LogP contribution in [0.15, 0.2) is 48.5 Å². The van der Waals surface area contributed by atoms with E-state index in [-0.39, 0.29) is 12.3 Å². The summed E-state index contributed by atoms with van der Waals surface area (Å²) in [6.45, 7) is 3.31. The maximum Gasteiger partial charge on any atom is 0.223 e. The minimum atomic E-state index is -0.0733. The normalized spacial score (nSPS) is 10.2. The molecule has 0 heterocycles. The zero-order valence-electron chi connectivity index (χ0n) is 13.0. The van der Waals surface area contributed by atoms with Gasteiger partial charge in [0, 0.05) is 11.6 Å². The van der Waals surface area contributed by atoms with Crippen molar-refractivity contribution >= 4 is 17.5 Å². The minimum absolute atomic E-state index is 0.0733. The third-order valence-corrected chi connectivity index (χ3v) is 3.54. The van der Waals surface area contributed by atoms with Crippen LogP contribution in [-0.2, 0) is 11.3 Å². The van der Waals surface area contributed by atoms with Crippen molar-refractivity contribution < 1.29 is 14.3 Å². The zero-order valence-corrected chi connectivity index (χ0v) is 13.8. The Morgan fingerprint density at radius 1 is 1.04 bits per heavy atom. The topological polar surface area (TPSA) is 47.6 Å². The molecule has 23 heavy (non-hydrogen) atoms. The predicted octanol–water partition coefficient (Wildman–Crippen LogP) is 3.82. The van der Waals surface area contributed by atoms with E-state index in [0.29, 0.717) is 30.5 Å². The van der Waals surface area contributed by atoms with Crippen LogP contribution >= 0.6 is 11.6 Å². The van der Waals surface area contributed by atoms with Gasteiger partial charge in [-0.15, -0.1) is 0 Å². The van der Waals surface area contributed by atoms with Crippen LogP contribution in [0.1, 0.15) is 18.9 Å². The van der Waals surface area contributed by atoms with Crippen LogP contribution in [0.4, 0.5) is 0 Å². The van der Waals surface area contributed by atoms with Gasteiger partial charge in [-0.25, -0.2) is 0 Å². The molecule has 0 aliphatic rings. The number of hydrogen-bond donors (Lipinski definition) is 1. The number of amides is 1. The number of rotatable bonds is 8. The van der Waals surface area contributed by atoms with Crippen LogP contribution in [0.5, 0.6) is 11.5 Å². The minimum Gasteiger partial charge on any atom is -0.494 e. The molecule has 2 rings (SSSR count). The maximum absolute atomic E-state index is 11.8. The van der Waals surface area contributed by atoms with Crippen molar-refractivity contribution in [2.75, 3.05) is 13.2 Å². The van der Waals surface area contributed by atoms with Crippen molar-refractivity contribution in [1.82, 2.24) is 5.32 Å². The van der Waals surface area contributed by atoms with Gasteiger partial charge in [0.25, 0.3) is 0 Å². The highest BCUT2D eigenvalue weighted by Gasteiger charge is 2.04. The predicted molar refractivity (Wildman–Crippen MR) is 91.0 cm³/mol. The summed E-state index contributed by atoms with van der Waals surface area (Å²) >= 11 is 6.04. The molecule has 0 aromatic heterocycles. The lowest BCUT2D eigenvalue weighted by atomic mass is 10.2. The SMILES string of the molecule is CCOc1ccc(OCCC(=O)NCc2ccccc2Cl)cc1. The van der Waals surface area contributed by atoms with E-state index < -0.39 is 0 Å². The number of benzene rings is 2. The highest BCUT2D eigenvalue weighted by molar-refractivity contribution is 6.31. The average molecular weight is 334 g/mol. The lowest BCUT2D eigenvalue weighted by Crippen LogP contribution is -2.24. The Kier molecular flexibility index (Phi) is 6.76. The number of carbonyl (C=O) groups is 1. The van der Waals surface area contributed by atoms with Gasteiger partial charge in [0.05, 0.1) is 19.6 Å². The number of hydrogen-bond acceptors (Lipinski definition) is 3. The van der Waals surface area contributed by atoms with Gasteiger partial charge >= 0.3 is 0 Å². The van der Waals surface area contributed by atoms with E-state index in [1.165, 1.54) is 0 Å². The molecule has 0 aliphatic heterocycles. The summed E-state index contributed by atoms with van der Waals surface area (Å²) in [6, 6.07) is 14.8. The smallest absolute Gasteiger partial charge is 0.223 e. The van der Waals surface area contributed by atoms with Gasteiger partial charge in [-0.05, 0) is 42.8 Å². The Balaban J connectivity index is 1.69. The Morgan fingerprint density at radius 3 is 2.35 bits per heavy atom. The first-order chi connectivity index (χ1) is 11.2. The second-order valence-corrected chi connectivity index (χ2v) is 5.28. The van der Waals surface area contributed by atoms with E-state index in [9.17, 15) is 4.79 Å². The molecule has 0 spiro atoms. The monoisotopic (exact) mass is 333 g/mol. The fourth-order valence-electron chi connectivity index (χ4n) is 1.98. The Hall–Kier alpha value is -2.20. The Bertz CT molecular complexity index is 628. The second kappa shape index (κ2) is 9.06. The molecule has 122 valence electrons. The number of ether oxygens (including phenoxy) is 2. The summed E-state index contributed by atoms with van der Waals surface area (Å²) < 4.78 is 10.9. The van der Waals surface area contributed by atoms with E-state index in [2.05, 4.69) is 5.32 Å². The van der Waals surface area contributed by atoms with Crippen molar-refractivity contribution in [2.45, 2.75) is 19.9 Å². The third kappa shape index (κ3) is 5.83. The van der Waals surface area contributed by atoms with Crippen molar-refractivity contribution in [2.24, 2.45) is 0 Å². The summed E-state index contributed by atoms with van der Waals surface area (Å²) in [5.74, 6) is 1.44. The lowest BCUT2D eigenvalue weighted by Gasteiger charge is -2.09. The van der Waals surface area contributed by atoms with Crippen LogP contribution < -0.4 is 14.8 Å². The molecular weight excluding hydrogens is 314 g/mol. The van der Waals surface area contributed by atoms with Crippen LogP contribution in [0, 0.1) is 0 Å². The second-order valence-electron chi connectivity index (χ2n) is 4.87. The van der Waals surface area contributed by atoms with Gasteiger partial charge in [0.2, 0.25) is 5.91 Å². The molecule has 2 aromatic rings. The molecule has 5 heteroatoms. The van der Waals surface area contributed by atoms with Crippen molar-refractivity contribution in [3.63, 3.8) is 0 Å². The fourth-order valence-corrected chi connectivity index (χ4v) is 2.19. The summed E-state index contributed by atoms with van der Waals surface area (Å²) in [6.07, 6.45) is 0.289. The fraction of sp³-hybridized carbons (Fsp3) is 0.278. The Labute approximate surface area is 141 Å². The largest absolute Gasteiger partial charge is 0.494 e. The van der Waals surface area contributed by atoms with Crippen molar-refractivity contribution in [1.29, 1.82) is 0 Å². The third-order valence-electron chi connectivity index (χ3n) is 3.17. The number of nitrogens with one attached hydrogen (secondary N) is 1. The molecular formula is C18H20ClNO3. The highest BCUT2D eigenvalue weighted by atomic mass is 35.5. The van der Waals surface area contributed by atoms with Gasteiger partial charge in [0.15, 0.2) is 0 Å². The van der Waals surface area contributed by atoms with Crippen molar-refractivity contribution in [3.05, 3.63) is 59.1 Å². The first-order valence-electron chi connectivity index (χ1n) is 7.55. The van der Waals surface area contributed by atoms with Crippen LogP contribution in [0.25, 0.3) is 0 Å². The molecule has 0 radical (unpaired) electrons. The molecule has 1 amide bonds. The first-order valence-corrected chi connectivity index (χ1v) is 7.92. The molecule has 1 N–H and O–H groups in total. The number of halogens is 1. The standard InChI is InChI=1S/C18H20ClNO3/c1-2-22-15-7-9-16(10-8-15)23-12-11-18(21)20-13-14-5-3-4-6-17(14)19/h3-10H,2,11-13H2,1H3,(H,20,21). The quantitative estimate of drug-likeness (QED) is 0.798. The van der Waals surface area contributed by atoms with Crippen LogP contribution in [0.2, 0.25) is 5.02 Å². The van der Waals surface area contributed by atoms with E-state index in [0.717, 1.165) is 11.3 Å². The number of carbonyl (C=O) groups excluding carboxylic acids is 1. The van der Waals surface area contributed by atoms with Crippen LogP contribution in [-0.4, -0.2) is 19.1 Å². The van der Waals surface area contributed by atoms with Gasteiger partial charge in [0.1, 0.15) is 11.5 Å². The van der Waals surface area contributed by atoms with E-state index in [4.69, 9.17) is 21.1 Å². The Morgan fingerprint density at radius 2 is 1.70 bits per heavy atom. The molecule has 0 fully saturated rings. The van der Waals surface area contributed by atoms with Gasteiger partial charge in [-0.2, -0.15) is 0 Å². The van der Waals surface area contributed by atoms with Crippen molar-refractivity contribution in [3.8, 4) is 11.5 Å². The summed E-state index contributed by atoms with van der Waals surface area (Å²) in [7, 11) is 0. The van der Waals surface area contributed by atoms with Crippen LogP contribution in [0.3, 0.4) is 0 Å². The summed E-state index contributed by atoms with van der Waals surface area (Å²) in [4.78, 5) is 11.8. The maximum atomic E-state index is 11.8. The first kappa shape index (κ1) is 17.2. The molecule has 0 atom stereocenters. The van der Waals surface area contributed by atoms with Gasteiger partial charge in [-0.1, -0.05) is 29.8 Å². The van der Waals surface area contributed by atoms with Gasteiger partial charge < -0.3 is 14.8 Å². The lowest BCUT2D eigenvalue weighted by molar-refractivity contribution is -0.121. The molecule has 4 nitrogen and oxygen atoms in total. The molecule has 0 aliphatic carbocycles. The molecule has 0 saturated heterocycles. The summed E-state index contributed by atoms with van der Waals surface area (Å²) in [5, 5.41) is 3.48. The van der Waals surface area contributed by atoms with E-state index in [1.54, 1.807) is 6.07 Å². The molecule has 0 saturated carbocycles. The molecule has 0 unspecified atom stereocenters.